The van der Waals surface area contributed by atoms with Gasteiger partial charge in [-0.3, -0.25) is 9.67 Å². The van der Waals surface area contributed by atoms with E-state index in [2.05, 4.69) is 64.3 Å². The summed E-state index contributed by atoms with van der Waals surface area (Å²) in [7, 11) is 2.05. The molecule has 0 amide bonds. The van der Waals surface area contributed by atoms with Crippen LogP contribution in [0.1, 0.15) is 81.7 Å². The molecule has 0 aliphatic rings. The molecule has 0 aliphatic carbocycles. The normalized spacial score (nSPS) is 9.85. The molecule has 0 radical (unpaired) electrons. The fourth-order valence-corrected chi connectivity index (χ4v) is 3.05. The number of nitrogens with zero attached hydrogens (tertiary/aromatic N) is 3. The second-order valence-electron chi connectivity index (χ2n) is 6.50. The maximum atomic E-state index is 4.79. The maximum Gasteiger partial charge on any atom is 0.0627 e. The molecule has 0 unspecified atom stereocenters. The minimum atomic E-state index is 1.04. The third kappa shape index (κ3) is 9.03. The molecule has 0 N–H and O–H groups in total. The third-order valence-electron chi connectivity index (χ3n) is 4.45. The van der Waals surface area contributed by atoms with Gasteiger partial charge in [-0.2, -0.15) is 5.10 Å². The first-order chi connectivity index (χ1) is 13.1. The van der Waals surface area contributed by atoms with Gasteiger partial charge in [0.05, 0.1) is 5.69 Å². The van der Waals surface area contributed by atoms with Crippen LogP contribution in [0.4, 0.5) is 0 Å². The zero-order chi connectivity index (χ0) is 20.7. The zero-order valence-corrected chi connectivity index (χ0v) is 18.6. The van der Waals surface area contributed by atoms with Crippen molar-refractivity contribution in [2.75, 3.05) is 0 Å². The minimum absolute atomic E-state index is 1.04. The molecule has 0 fully saturated rings. The first kappa shape index (κ1) is 25.1. The van der Waals surface area contributed by atoms with Crippen molar-refractivity contribution in [3.05, 3.63) is 59.7 Å². The average Bonchev–Trinajstić information content (AvgIpc) is 3.04. The molecule has 2 heterocycles. The molecule has 0 aliphatic heterocycles. The van der Waals surface area contributed by atoms with Crippen molar-refractivity contribution >= 4 is 0 Å². The van der Waals surface area contributed by atoms with Crippen molar-refractivity contribution in [3.63, 3.8) is 0 Å². The van der Waals surface area contributed by atoms with Crippen LogP contribution in [-0.4, -0.2) is 14.8 Å². The van der Waals surface area contributed by atoms with Crippen LogP contribution >= 0.6 is 0 Å². The Morgan fingerprint density at radius 1 is 0.889 bits per heavy atom. The van der Waals surface area contributed by atoms with Crippen molar-refractivity contribution in [2.24, 2.45) is 7.05 Å². The van der Waals surface area contributed by atoms with E-state index >= 15 is 0 Å². The van der Waals surface area contributed by atoms with Crippen molar-refractivity contribution in [3.8, 4) is 0 Å². The van der Waals surface area contributed by atoms with Gasteiger partial charge in [-0.15, -0.1) is 13.2 Å². The second-order valence-corrected chi connectivity index (χ2v) is 6.50. The van der Waals surface area contributed by atoms with Crippen molar-refractivity contribution < 1.29 is 0 Å². The lowest BCUT2D eigenvalue weighted by molar-refractivity contribution is 0.667. The van der Waals surface area contributed by atoms with Gasteiger partial charge in [0.2, 0.25) is 0 Å². The van der Waals surface area contributed by atoms with Gasteiger partial charge in [0, 0.05) is 24.1 Å². The molecule has 2 aromatic rings. The van der Waals surface area contributed by atoms with Gasteiger partial charge >= 0.3 is 0 Å². The summed E-state index contributed by atoms with van der Waals surface area (Å²) < 4.78 is 2.04. The summed E-state index contributed by atoms with van der Waals surface area (Å²) in [5, 5.41) is 4.58. The van der Waals surface area contributed by atoms with E-state index < -0.39 is 0 Å². The Hall–Kier alpha value is -1.90. The molecule has 0 aromatic carbocycles. The smallest absolute Gasteiger partial charge is 0.0627 e. The van der Waals surface area contributed by atoms with Crippen LogP contribution in [0.25, 0.3) is 0 Å². The van der Waals surface area contributed by atoms with Crippen LogP contribution in [0.3, 0.4) is 0 Å². The maximum absolute atomic E-state index is 4.79. The Morgan fingerprint density at radius 3 is 2.19 bits per heavy atom. The summed E-state index contributed by atoms with van der Waals surface area (Å²) in [6.45, 7) is 16.6. The van der Waals surface area contributed by atoms with Gasteiger partial charge in [-0.05, 0) is 63.1 Å². The van der Waals surface area contributed by atoms with Crippen LogP contribution in [0, 0.1) is 6.92 Å². The Morgan fingerprint density at radius 2 is 1.59 bits per heavy atom. The van der Waals surface area contributed by atoms with E-state index in [4.69, 9.17) is 4.98 Å². The van der Waals surface area contributed by atoms with E-state index in [9.17, 15) is 0 Å². The van der Waals surface area contributed by atoms with Crippen LogP contribution in [0.5, 0.6) is 0 Å². The van der Waals surface area contributed by atoms with Crippen molar-refractivity contribution in [2.45, 2.75) is 86.0 Å². The Labute approximate surface area is 167 Å². The van der Waals surface area contributed by atoms with E-state index in [0.717, 1.165) is 38.5 Å². The molecule has 0 atom stereocenters. The molecular weight excluding hydrogens is 330 g/mol. The summed E-state index contributed by atoms with van der Waals surface area (Å²) in [6, 6.07) is 6.75. The average molecular weight is 372 g/mol. The number of aromatic nitrogens is 3. The molecule has 0 saturated heterocycles. The molecule has 3 heteroatoms. The van der Waals surface area contributed by atoms with Gasteiger partial charge in [0.15, 0.2) is 0 Å². The van der Waals surface area contributed by atoms with Crippen LogP contribution in [0.15, 0.2) is 31.4 Å². The molecule has 0 spiro atoms. The highest BCUT2D eigenvalue weighted by Gasteiger charge is 2.06. The Kier molecular flexibility index (Phi) is 14.1. The lowest BCUT2D eigenvalue weighted by atomic mass is 10.1. The molecule has 0 saturated carbocycles. The van der Waals surface area contributed by atoms with Gasteiger partial charge in [0.25, 0.3) is 0 Å². The predicted molar refractivity (Wildman–Crippen MR) is 119 cm³/mol. The summed E-state index contributed by atoms with van der Waals surface area (Å²) in [6.07, 6.45) is 9.14. The Bertz CT molecular complexity index is 629. The number of pyridine rings is 1. The van der Waals surface area contributed by atoms with Crippen LogP contribution in [0.2, 0.25) is 0 Å². The Balaban J connectivity index is 0.00000158. The second kappa shape index (κ2) is 15.2. The highest BCUT2D eigenvalue weighted by molar-refractivity contribution is 5.22. The predicted octanol–water partition coefficient (Wildman–Crippen LogP) is 6.42. The molecule has 152 valence electrons. The molecule has 27 heavy (non-hydrogen) atoms. The van der Waals surface area contributed by atoms with E-state index in [1.165, 1.54) is 41.2 Å². The number of hydrogen-bond donors (Lipinski definition) is 0. The van der Waals surface area contributed by atoms with Gasteiger partial charge < -0.3 is 0 Å². The third-order valence-corrected chi connectivity index (χ3v) is 4.45. The van der Waals surface area contributed by atoms with Gasteiger partial charge in [0.1, 0.15) is 0 Å². The molecule has 3 nitrogen and oxygen atoms in total. The SMILES string of the molecule is C=C.CC.CCCCc1ccc(CCCc2cc(CCC)nn2C)nc1C. The lowest BCUT2D eigenvalue weighted by Gasteiger charge is -2.07. The van der Waals surface area contributed by atoms with Gasteiger partial charge in [-0.1, -0.05) is 46.6 Å². The summed E-state index contributed by atoms with van der Waals surface area (Å²) in [5.74, 6) is 0. The monoisotopic (exact) mass is 371 g/mol. The van der Waals surface area contributed by atoms with E-state index in [-0.39, 0.29) is 0 Å². The number of rotatable bonds is 9. The van der Waals surface area contributed by atoms with Crippen LogP contribution < -0.4 is 0 Å². The number of aryl methyl sites for hydroxylation is 6. The molecule has 2 aromatic heterocycles. The van der Waals surface area contributed by atoms with Gasteiger partial charge in [-0.25, -0.2) is 0 Å². The fourth-order valence-electron chi connectivity index (χ4n) is 3.05. The van der Waals surface area contributed by atoms with Crippen molar-refractivity contribution in [1.82, 2.24) is 14.8 Å². The van der Waals surface area contributed by atoms with E-state index in [1.807, 2.05) is 18.5 Å². The minimum Gasteiger partial charge on any atom is -0.272 e. The summed E-state index contributed by atoms with van der Waals surface area (Å²) in [4.78, 5) is 4.79. The summed E-state index contributed by atoms with van der Waals surface area (Å²) >= 11 is 0. The van der Waals surface area contributed by atoms with E-state index in [0.29, 0.717) is 0 Å². The largest absolute Gasteiger partial charge is 0.272 e. The fraction of sp³-hybridized carbons (Fsp3) is 0.583. The number of unbranched alkanes of at least 4 members (excludes halogenated alkanes) is 1. The lowest BCUT2D eigenvalue weighted by Crippen LogP contribution is -2.01. The summed E-state index contributed by atoms with van der Waals surface area (Å²) in [5.41, 5.74) is 6.40. The van der Waals surface area contributed by atoms with Crippen LogP contribution in [-0.2, 0) is 32.7 Å². The quantitative estimate of drug-likeness (QED) is 0.476. The number of hydrogen-bond acceptors (Lipinski definition) is 2. The van der Waals surface area contributed by atoms with Crippen molar-refractivity contribution in [1.29, 1.82) is 0 Å². The first-order valence-corrected chi connectivity index (χ1v) is 10.6. The molecule has 2 rings (SSSR count). The van der Waals surface area contributed by atoms with E-state index in [1.54, 1.807) is 0 Å². The zero-order valence-electron chi connectivity index (χ0n) is 18.6. The topological polar surface area (TPSA) is 30.7 Å². The first-order valence-electron chi connectivity index (χ1n) is 10.6. The molecule has 0 bridgehead atoms. The highest BCUT2D eigenvalue weighted by atomic mass is 15.3. The standard InChI is InChI=1S/C20H31N3.C2H6.C2H4/c1-5-7-10-17-13-14-18(21-16(17)3)11-8-12-20-15-19(9-6-2)22-23(20)4;2*1-2/h13-15H,5-12H2,1-4H3;1-2H3;1-2H2. The highest BCUT2D eigenvalue weighted by Crippen LogP contribution is 2.13. The molecular formula is C24H41N3.